The van der Waals surface area contributed by atoms with Gasteiger partial charge in [-0.25, -0.2) is 4.39 Å². The van der Waals surface area contributed by atoms with Gasteiger partial charge in [-0.15, -0.1) is 0 Å². The molecule has 2 rings (SSSR count). The number of pyridine rings is 1. The molecule has 0 aliphatic heterocycles. The molecule has 1 N–H and O–H groups in total. The fourth-order valence-electron chi connectivity index (χ4n) is 2.29. The Morgan fingerprint density at radius 1 is 1.30 bits per heavy atom. The van der Waals surface area contributed by atoms with E-state index in [1.54, 1.807) is 12.3 Å². The zero-order valence-electron chi connectivity index (χ0n) is 12.1. The number of benzene rings is 1. The van der Waals surface area contributed by atoms with Crippen LogP contribution in [0.3, 0.4) is 0 Å². The van der Waals surface area contributed by atoms with Crippen LogP contribution < -0.4 is 5.32 Å². The maximum atomic E-state index is 13.4. The van der Waals surface area contributed by atoms with Crippen LogP contribution in [0.4, 0.5) is 4.39 Å². The largest absolute Gasteiger partial charge is 0.310 e. The molecule has 0 saturated heterocycles. The third kappa shape index (κ3) is 3.87. The lowest BCUT2D eigenvalue weighted by Crippen LogP contribution is -2.24. The highest BCUT2D eigenvalue weighted by Gasteiger charge is 2.13. The topological polar surface area (TPSA) is 24.9 Å². The van der Waals surface area contributed by atoms with Gasteiger partial charge in [0.1, 0.15) is 5.82 Å². The molecule has 0 saturated carbocycles. The van der Waals surface area contributed by atoms with Crippen molar-refractivity contribution in [3.63, 3.8) is 0 Å². The summed E-state index contributed by atoms with van der Waals surface area (Å²) in [6, 6.07) is 9.15. The van der Waals surface area contributed by atoms with Crippen molar-refractivity contribution in [2.24, 2.45) is 0 Å². The van der Waals surface area contributed by atoms with Gasteiger partial charge in [-0.3, -0.25) is 4.98 Å². The first-order valence-electron chi connectivity index (χ1n) is 7.09. The number of hydrogen-bond acceptors (Lipinski definition) is 2. The number of aromatic nitrogens is 1. The summed E-state index contributed by atoms with van der Waals surface area (Å²) in [5.74, 6) is -0.175. The van der Waals surface area contributed by atoms with E-state index < -0.39 is 0 Å². The maximum absolute atomic E-state index is 13.4. The molecule has 1 aromatic carbocycles. The van der Waals surface area contributed by atoms with E-state index in [4.69, 9.17) is 0 Å². The van der Waals surface area contributed by atoms with Gasteiger partial charge >= 0.3 is 0 Å². The lowest BCUT2D eigenvalue weighted by molar-refractivity contribution is 0.525. The second kappa shape index (κ2) is 7.15. The summed E-state index contributed by atoms with van der Waals surface area (Å²) in [6.07, 6.45) is 5.49. The van der Waals surface area contributed by atoms with Gasteiger partial charge in [0.15, 0.2) is 0 Å². The zero-order valence-corrected chi connectivity index (χ0v) is 12.1. The van der Waals surface area contributed by atoms with Gasteiger partial charge < -0.3 is 5.32 Å². The van der Waals surface area contributed by atoms with Crippen LogP contribution in [0.25, 0.3) is 0 Å². The van der Waals surface area contributed by atoms with Crippen LogP contribution in [-0.2, 0) is 6.42 Å². The molecule has 0 fully saturated rings. The van der Waals surface area contributed by atoms with E-state index in [1.165, 1.54) is 6.07 Å². The van der Waals surface area contributed by atoms with E-state index in [1.807, 2.05) is 25.3 Å². The van der Waals surface area contributed by atoms with Gasteiger partial charge in [-0.1, -0.05) is 19.1 Å². The standard InChI is InChI=1S/C17H21FN2/c1-3-8-20-17(14-5-4-9-19-12-14)11-15-10-16(18)7-6-13(15)2/h4-7,9-10,12,17,20H,3,8,11H2,1-2H3. The molecule has 0 bridgehead atoms. The zero-order chi connectivity index (χ0) is 14.4. The number of hydrogen-bond donors (Lipinski definition) is 1. The molecule has 2 nitrogen and oxygen atoms in total. The molecule has 0 spiro atoms. The first kappa shape index (κ1) is 14.7. The molecule has 0 radical (unpaired) electrons. The number of nitrogens with one attached hydrogen (secondary N) is 1. The lowest BCUT2D eigenvalue weighted by atomic mass is 9.97. The fourth-order valence-corrected chi connectivity index (χ4v) is 2.29. The van der Waals surface area contributed by atoms with Crippen molar-refractivity contribution in [2.45, 2.75) is 32.7 Å². The minimum absolute atomic E-state index is 0.171. The lowest BCUT2D eigenvalue weighted by Gasteiger charge is -2.20. The minimum Gasteiger partial charge on any atom is -0.310 e. The molecule has 0 amide bonds. The van der Waals surface area contributed by atoms with E-state index in [2.05, 4.69) is 23.3 Å². The Balaban J connectivity index is 2.21. The SMILES string of the molecule is CCCNC(Cc1cc(F)ccc1C)c1cccnc1. The van der Waals surface area contributed by atoms with E-state index >= 15 is 0 Å². The van der Waals surface area contributed by atoms with Crippen LogP contribution in [-0.4, -0.2) is 11.5 Å². The van der Waals surface area contributed by atoms with Crippen LogP contribution in [0.1, 0.15) is 36.1 Å². The molecular weight excluding hydrogens is 251 g/mol. The summed E-state index contributed by atoms with van der Waals surface area (Å²) in [6.45, 7) is 5.10. The van der Waals surface area contributed by atoms with Gasteiger partial charge in [0, 0.05) is 18.4 Å². The Kier molecular flexibility index (Phi) is 5.24. The fraction of sp³-hybridized carbons (Fsp3) is 0.353. The first-order chi connectivity index (χ1) is 9.70. The van der Waals surface area contributed by atoms with Crippen molar-refractivity contribution in [3.8, 4) is 0 Å². The summed E-state index contributed by atoms with van der Waals surface area (Å²) < 4.78 is 13.4. The summed E-state index contributed by atoms with van der Waals surface area (Å²) in [5, 5.41) is 3.52. The Morgan fingerprint density at radius 3 is 2.85 bits per heavy atom. The van der Waals surface area contributed by atoms with E-state index in [0.717, 1.165) is 36.1 Å². The van der Waals surface area contributed by atoms with Gasteiger partial charge in [-0.05, 0) is 61.2 Å². The molecule has 106 valence electrons. The monoisotopic (exact) mass is 272 g/mol. The molecule has 3 heteroatoms. The highest BCUT2D eigenvalue weighted by Crippen LogP contribution is 2.20. The van der Waals surface area contributed by atoms with Crippen molar-refractivity contribution in [3.05, 3.63) is 65.2 Å². The minimum atomic E-state index is -0.175. The highest BCUT2D eigenvalue weighted by molar-refractivity contribution is 5.29. The molecule has 0 aliphatic carbocycles. The predicted molar refractivity (Wildman–Crippen MR) is 80.1 cm³/mol. The van der Waals surface area contributed by atoms with E-state index in [-0.39, 0.29) is 11.9 Å². The summed E-state index contributed by atoms with van der Waals surface area (Å²) in [7, 11) is 0. The summed E-state index contributed by atoms with van der Waals surface area (Å²) in [5.41, 5.74) is 3.31. The average Bonchev–Trinajstić information content (AvgIpc) is 2.48. The van der Waals surface area contributed by atoms with Gasteiger partial charge in [-0.2, -0.15) is 0 Å². The molecule has 1 atom stereocenters. The third-order valence-corrected chi connectivity index (χ3v) is 3.46. The first-order valence-corrected chi connectivity index (χ1v) is 7.09. The molecule has 1 heterocycles. The van der Waals surface area contributed by atoms with Crippen LogP contribution in [0.15, 0.2) is 42.7 Å². The molecule has 20 heavy (non-hydrogen) atoms. The van der Waals surface area contributed by atoms with Gasteiger partial charge in [0.05, 0.1) is 0 Å². The number of rotatable bonds is 6. The Morgan fingerprint density at radius 2 is 2.15 bits per heavy atom. The predicted octanol–water partition coefficient (Wildman–Crippen LogP) is 3.81. The summed E-state index contributed by atoms with van der Waals surface area (Å²) >= 11 is 0. The number of nitrogens with zero attached hydrogens (tertiary/aromatic N) is 1. The molecule has 2 aromatic rings. The highest BCUT2D eigenvalue weighted by atomic mass is 19.1. The van der Waals surface area contributed by atoms with Crippen molar-refractivity contribution >= 4 is 0 Å². The van der Waals surface area contributed by atoms with E-state index in [9.17, 15) is 4.39 Å². The Labute approximate surface area is 120 Å². The Bertz CT molecular complexity index is 540. The maximum Gasteiger partial charge on any atom is 0.123 e. The van der Waals surface area contributed by atoms with Crippen LogP contribution in [0.2, 0.25) is 0 Å². The van der Waals surface area contributed by atoms with Crippen LogP contribution in [0.5, 0.6) is 0 Å². The average molecular weight is 272 g/mol. The van der Waals surface area contributed by atoms with E-state index in [0.29, 0.717) is 0 Å². The second-order valence-corrected chi connectivity index (χ2v) is 5.07. The molecular formula is C17H21FN2. The molecule has 0 aliphatic rings. The van der Waals surface area contributed by atoms with Crippen LogP contribution >= 0.6 is 0 Å². The number of halogens is 1. The number of aryl methyl sites for hydroxylation is 1. The van der Waals surface area contributed by atoms with Crippen LogP contribution in [0, 0.1) is 12.7 Å². The van der Waals surface area contributed by atoms with Gasteiger partial charge in [0.25, 0.3) is 0 Å². The third-order valence-electron chi connectivity index (χ3n) is 3.46. The second-order valence-electron chi connectivity index (χ2n) is 5.07. The Hall–Kier alpha value is -1.74. The smallest absolute Gasteiger partial charge is 0.123 e. The van der Waals surface area contributed by atoms with Crippen molar-refractivity contribution < 1.29 is 4.39 Å². The normalized spacial score (nSPS) is 12.3. The quantitative estimate of drug-likeness (QED) is 0.865. The molecule has 1 unspecified atom stereocenters. The summed E-state index contributed by atoms with van der Waals surface area (Å²) in [4.78, 5) is 4.18. The van der Waals surface area contributed by atoms with Crippen molar-refractivity contribution in [1.82, 2.24) is 10.3 Å². The van der Waals surface area contributed by atoms with Crippen molar-refractivity contribution in [1.29, 1.82) is 0 Å². The molecule has 1 aromatic heterocycles. The van der Waals surface area contributed by atoms with Crippen molar-refractivity contribution in [2.75, 3.05) is 6.54 Å². The van der Waals surface area contributed by atoms with Gasteiger partial charge in [0.2, 0.25) is 0 Å².